The molecule has 2 aromatic carbocycles. The number of hydrogen-bond acceptors (Lipinski definition) is 2. The van der Waals surface area contributed by atoms with Crippen LogP contribution in [0.3, 0.4) is 0 Å². The van der Waals surface area contributed by atoms with Crippen LogP contribution in [-0.2, 0) is 6.42 Å². The van der Waals surface area contributed by atoms with E-state index < -0.39 is 0 Å². The normalized spacial score (nSPS) is 15.2. The van der Waals surface area contributed by atoms with Gasteiger partial charge in [0.15, 0.2) is 0 Å². The van der Waals surface area contributed by atoms with Crippen LogP contribution in [0.1, 0.15) is 30.4 Å². The van der Waals surface area contributed by atoms with Gasteiger partial charge in [0.1, 0.15) is 7.85 Å². The van der Waals surface area contributed by atoms with Gasteiger partial charge < -0.3 is 10.2 Å². The van der Waals surface area contributed by atoms with E-state index in [9.17, 15) is 0 Å². The summed E-state index contributed by atoms with van der Waals surface area (Å²) in [6.07, 6.45) is 6.57. The fraction of sp³-hybridized carbons (Fsp3) is 0.280. The SMILES string of the molecule is [B]c1cccc(C(C)C2=CC(=C)C(CCc3ccccc3)=CN2CCNC)c1. The molecule has 0 aromatic heterocycles. The van der Waals surface area contributed by atoms with E-state index in [4.69, 9.17) is 7.85 Å². The van der Waals surface area contributed by atoms with E-state index in [1.54, 1.807) is 0 Å². The second-order valence-corrected chi connectivity index (χ2v) is 7.42. The Hall–Kier alpha value is -2.52. The van der Waals surface area contributed by atoms with Crippen LogP contribution in [0.2, 0.25) is 0 Å². The molecule has 0 amide bonds. The van der Waals surface area contributed by atoms with E-state index in [-0.39, 0.29) is 5.92 Å². The lowest BCUT2D eigenvalue weighted by molar-refractivity contribution is 0.422. The number of hydrogen-bond donors (Lipinski definition) is 1. The quantitative estimate of drug-likeness (QED) is 0.707. The van der Waals surface area contributed by atoms with Crippen LogP contribution >= 0.6 is 0 Å². The molecule has 2 radical (unpaired) electrons. The van der Waals surface area contributed by atoms with Gasteiger partial charge in [0.25, 0.3) is 0 Å². The molecule has 2 aromatic rings. The molecule has 0 fully saturated rings. The Morgan fingerprint density at radius 1 is 1.07 bits per heavy atom. The summed E-state index contributed by atoms with van der Waals surface area (Å²) in [5, 5.41) is 3.27. The minimum absolute atomic E-state index is 0.254. The Kier molecular flexibility index (Phi) is 6.94. The first kappa shape index (κ1) is 20.2. The molecule has 0 aliphatic carbocycles. The zero-order chi connectivity index (χ0) is 19.9. The van der Waals surface area contributed by atoms with E-state index in [0.29, 0.717) is 0 Å². The topological polar surface area (TPSA) is 15.3 Å². The fourth-order valence-electron chi connectivity index (χ4n) is 3.65. The van der Waals surface area contributed by atoms with Gasteiger partial charge in [-0.2, -0.15) is 0 Å². The van der Waals surface area contributed by atoms with Gasteiger partial charge in [0, 0.05) is 30.9 Å². The van der Waals surface area contributed by atoms with E-state index in [0.717, 1.165) is 37.0 Å². The van der Waals surface area contributed by atoms with Crippen LogP contribution < -0.4 is 10.8 Å². The van der Waals surface area contributed by atoms with Crippen LogP contribution in [0.5, 0.6) is 0 Å². The molecule has 0 spiro atoms. The average Bonchev–Trinajstić information content (AvgIpc) is 2.72. The van der Waals surface area contributed by atoms with Gasteiger partial charge in [0.05, 0.1) is 0 Å². The van der Waals surface area contributed by atoms with Crippen LogP contribution in [0.25, 0.3) is 0 Å². The van der Waals surface area contributed by atoms with Crippen molar-refractivity contribution in [2.75, 3.05) is 20.1 Å². The Balaban J connectivity index is 1.80. The zero-order valence-corrected chi connectivity index (χ0v) is 17.0. The van der Waals surface area contributed by atoms with Crippen molar-refractivity contribution in [3.8, 4) is 0 Å². The van der Waals surface area contributed by atoms with Gasteiger partial charge in [0.2, 0.25) is 0 Å². The van der Waals surface area contributed by atoms with Gasteiger partial charge in [-0.1, -0.05) is 73.6 Å². The summed E-state index contributed by atoms with van der Waals surface area (Å²) in [5.74, 6) is 0.254. The van der Waals surface area contributed by atoms with Crippen molar-refractivity contribution in [1.82, 2.24) is 10.2 Å². The second kappa shape index (κ2) is 9.61. The molecule has 3 rings (SSSR count). The summed E-state index contributed by atoms with van der Waals surface area (Å²) in [7, 11) is 8.01. The van der Waals surface area contributed by atoms with Gasteiger partial charge >= 0.3 is 0 Å². The van der Waals surface area contributed by atoms with Crippen molar-refractivity contribution in [2.24, 2.45) is 0 Å². The number of rotatable bonds is 8. The lowest BCUT2D eigenvalue weighted by Gasteiger charge is -2.33. The van der Waals surface area contributed by atoms with Gasteiger partial charge in [-0.05, 0) is 48.2 Å². The summed E-state index contributed by atoms with van der Waals surface area (Å²) in [6.45, 7) is 8.45. The lowest BCUT2D eigenvalue weighted by atomic mass is 9.87. The minimum atomic E-state index is 0.254. The number of allylic oxidation sites excluding steroid dienone is 4. The molecule has 1 N–H and O–H groups in total. The van der Waals surface area contributed by atoms with Crippen LogP contribution in [-0.4, -0.2) is 32.9 Å². The first-order valence-electron chi connectivity index (χ1n) is 10.0. The maximum atomic E-state index is 6.01. The summed E-state index contributed by atoms with van der Waals surface area (Å²) in [6, 6.07) is 18.8. The predicted octanol–water partition coefficient (Wildman–Crippen LogP) is 4.08. The van der Waals surface area contributed by atoms with Crippen LogP contribution in [0, 0.1) is 0 Å². The van der Waals surface area contributed by atoms with E-state index in [1.165, 1.54) is 22.4 Å². The van der Waals surface area contributed by atoms with E-state index in [1.807, 2.05) is 19.2 Å². The Morgan fingerprint density at radius 3 is 2.57 bits per heavy atom. The standard InChI is InChI=1S/C25H29BN2/c1-19-16-25(20(2)22-10-7-11-24(26)17-22)28(15-14-27-3)18-23(19)13-12-21-8-5-4-6-9-21/h4-11,16-18,20,27H,1,12-15H2,2-3H3. The number of nitrogens with one attached hydrogen (secondary N) is 1. The summed E-state index contributed by atoms with van der Waals surface area (Å²) in [4.78, 5) is 2.37. The number of nitrogens with zero attached hydrogens (tertiary/aromatic N) is 1. The minimum Gasteiger partial charge on any atom is -0.349 e. The number of likely N-dealkylation sites (N-methyl/N-ethyl adjacent to an activating group) is 1. The third kappa shape index (κ3) is 5.05. The average molecular weight is 368 g/mol. The number of benzene rings is 2. The van der Waals surface area contributed by atoms with Gasteiger partial charge in [-0.15, -0.1) is 0 Å². The maximum Gasteiger partial charge on any atom is 0.113 e. The van der Waals surface area contributed by atoms with Gasteiger partial charge in [-0.25, -0.2) is 0 Å². The molecule has 3 heteroatoms. The molecule has 0 saturated carbocycles. The molecule has 2 nitrogen and oxygen atoms in total. The van der Waals surface area contributed by atoms with Crippen molar-refractivity contribution in [3.63, 3.8) is 0 Å². The van der Waals surface area contributed by atoms with Crippen molar-refractivity contribution in [3.05, 3.63) is 101 Å². The fourth-order valence-corrected chi connectivity index (χ4v) is 3.65. The largest absolute Gasteiger partial charge is 0.349 e. The molecule has 142 valence electrons. The van der Waals surface area contributed by atoms with Crippen molar-refractivity contribution in [2.45, 2.75) is 25.7 Å². The molecule has 0 bridgehead atoms. The molecular formula is C25H29BN2. The number of aryl methyl sites for hydroxylation is 1. The highest BCUT2D eigenvalue weighted by Gasteiger charge is 2.22. The zero-order valence-electron chi connectivity index (χ0n) is 17.0. The highest BCUT2D eigenvalue weighted by molar-refractivity contribution is 6.32. The summed E-state index contributed by atoms with van der Waals surface area (Å²) >= 11 is 0. The summed E-state index contributed by atoms with van der Waals surface area (Å²) < 4.78 is 0. The molecule has 1 aliphatic rings. The molecule has 28 heavy (non-hydrogen) atoms. The second-order valence-electron chi connectivity index (χ2n) is 7.42. The van der Waals surface area contributed by atoms with Crippen molar-refractivity contribution < 1.29 is 0 Å². The first-order valence-corrected chi connectivity index (χ1v) is 10.0. The molecule has 1 unspecified atom stereocenters. The van der Waals surface area contributed by atoms with Crippen molar-refractivity contribution >= 4 is 13.3 Å². The van der Waals surface area contributed by atoms with Gasteiger partial charge in [-0.3, -0.25) is 0 Å². The third-order valence-corrected chi connectivity index (χ3v) is 5.36. The maximum absolute atomic E-state index is 6.01. The van der Waals surface area contributed by atoms with Crippen LogP contribution in [0.15, 0.2) is 90.3 Å². The molecular weight excluding hydrogens is 339 g/mol. The Labute approximate surface area is 171 Å². The first-order chi connectivity index (χ1) is 13.6. The third-order valence-electron chi connectivity index (χ3n) is 5.36. The summed E-state index contributed by atoms with van der Waals surface area (Å²) in [5.41, 5.74) is 7.09. The van der Waals surface area contributed by atoms with E-state index in [2.05, 4.69) is 78.5 Å². The smallest absolute Gasteiger partial charge is 0.113 e. The molecule has 0 saturated heterocycles. The monoisotopic (exact) mass is 368 g/mol. The molecule has 1 heterocycles. The Bertz CT molecular complexity index is 867. The Morgan fingerprint density at radius 2 is 1.86 bits per heavy atom. The van der Waals surface area contributed by atoms with E-state index >= 15 is 0 Å². The van der Waals surface area contributed by atoms with Crippen molar-refractivity contribution in [1.29, 1.82) is 0 Å². The lowest BCUT2D eigenvalue weighted by Crippen LogP contribution is -2.30. The molecule has 1 atom stereocenters. The highest BCUT2D eigenvalue weighted by atomic mass is 15.1. The van der Waals surface area contributed by atoms with Crippen LogP contribution in [0.4, 0.5) is 0 Å². The highest BCUT2D eigenvalue weighted by Crippen LogP contribution is 2.33. The predicted molar refractivity (Wildman–Crippen MR) is 121 cm³/mol. The molecule has 1 aliphatic heterocycles.